The molecule has 4 nitrogen and oxygen atoms in total. The van der Waals surface area contributed by atoms with Gasteiger partial charge in [0.1, 0.15) is 0 Å². The number of hydrogen-bond acceptors (Lipinski definition) is 4. The summed E-state index contributed by atoms with van der Waals surface area (Å²) in [6, 6.07) is 23.0. The van der Waals surface area contributed by atoms with Gasteiger partial charge in [0.25, 0.3) is 0 Å². The van der Waals surface area contributed by atoms with Crippen molar-refractivity contribution in [1.29, 1.82) is 0 Å². The van der Waals surface area contributed by atoms with Gasteiger partial charge in [-0.25, -0.2) is 0 Å². The van der Waals surface area contributed by atoms with Crippen LogP contribution in [0.15, 0.2) is 78.9 Å². The van der Waals surface area contributed by atoms with Crippen LogP contribution in [-0.4, -0.2) is 49.7 Å². The fourth-order valence-corrected chi connectivity index (χ4v) is 5.14. The molecule has 3 aromatic carbocycles. The molecule has 1 saturated heterocycles. The Morgan fingerprint density at radius 1 is 0.846 bits per heavy atom. The van der Waals surface area contributed by atoms with E-state index in [4.69, 9.17) is 4.74 Å². The minimum absolute atomic E-state index is 0.160. The van der Waals surface area contributed by atoms with Crippen LogP contribution in [-0.2, 0) is 21.1 Å². The predicted molar refractivity (Wildman–Crippen MR) is 150 cm³/mol. The van der Waals surface area contributed by atoms with Gasteiger partial charge in [-0.3, -0.25) is 9.69 Å². The van der Waals surface area contributed by atoms with Crippen molar-refractivity contribution in [3.05, 3.63) is 90.0 Å². The van der Waals surface area contributed by atoms with Gasteiger partial charge < -0.3 is 9.64 Å². The van der Waals surface area contributed by atoms with Crippen molar-refractivity contribution < 1.29 is 22.7 Å². The summed E-state index contributed by atoms with van der Waals surface area (Å²) < 4.78 is 44.9. The number of carbonyl (C=O) groups excluding carboxylic acids is 1. The highest BCUT2D eigenvalue weighted by Gasteiger charge is 2.37. The molecule has 208 valence electrons. The van der Waals surface area contributed by atoms with Crippen molar-refractivity contribution >= 4 is 11.7 Å². The van der Waals surface area contributed by atoms with Crippen LogP contribution < -0.4 is 4.90 Å². The molecule has 39 heavy (non-hydrogen) atoms. The zero-order valence-corrected chi connectivity index (χ0v) is 22.9. The Morgan fingerprint density at radius 3 is 2.10 bits per heavy atom. The highest BCUT2D eigenvalue weighted by atomic mass is 19.4. The number of ether oxygens (including phenoxy) is 1. The molecule has 0 aliphatic carbocycles. The smallest absolute Gasteiger partial charge is 0.416 e. The average molecular weight is 539 g/mol. The second kappa shape index (κ2) is 12.2. The maximum Gasteiger partial charge on any atom is 0.416 e. The van der Waals surface area contributed by atoms with Crippen LogP contribution in [0.25, 0.3) is 11.1 Å². The van der Waals surface area contributed by atoms with Crippen molar-refractivity contribution in [3.63, 3.8) is 0 Å². The minimum atomic E-state index is -4.35. The van der Waals surface area contributed by atoms with Gasteiger partial charge in [-0.2, -0.15) is 13.2 Å². The van der Waals surface area contributed by atoms with E-state index in [2.05, 4.69) is 9.80 Å². The highest BCUT2D eigenvalue weighted by Crippen LogP contribution is 2.33. The summed E-state index contributed by atoms with van der Waals surface area (Å²) in [6.45, 7) is 10.2. The van der Waals surface area contributed by atoms with Crippen molar-refractivity contribution in [2.45, 2.75) is 51.3 Å². The fourth-order valence-electron chi connectivity index (χ4n) is 5.14. The normalized spacial score (nSPS) is 16.2. The third-order valence-corrected chi connectivity index (χ3v) is 7.48. The predicted octanol–water partition coefficient (Wildman–Crippen LogP) is 7.18. The van der Waals surface area contributed by atoms with Gasteiger partial charge in [0.2, 0.25) is 0 Å². The van der Waals surface area contributed by atoms with Crippen molar-refractivity contribution in [2.24, 2.45) is 0 Å². The van der Waals surface area contributed by atoms with Gasteiger partial charge in [-0.05, 0) is 81.1 Å². The molecule has 0 radical (unpaired) electrons. The van der Waals surface area contributed by atoms with Crippen LogP contribution in [0.3, 0.4) is 0 Å². The van der Waals surface area contributed by atoms with Crippen molar-refractivity contribution in [3.8, 4) is 11.1 Å². The molecule has 3 aromatic rings. The fraction of sp³-hybridized carbons (Fsp3) is 0.406. The molecule has 1 aliphatic heterocycles. The van der Waals surface area contributed by atoms with Crippen LogP contribution >= 0.6 is 0 Å². The Hall–Kier alpha value is -3.32. The minimum Gasteiger partial charge on any atom is -0.462 e. The molecule has 0 amide bonds. The number of alkyl halides is 3. The number of anilines is 1. The zero-order valence-electron chi connectivity index (χ0n) is 22.9. The van der Waals surface area contributed by atoms with Gasteiger partial charge in [0.15, 0.2) is 0 Å². The Balaban J connectivity index is 1.31. The molecule has 0 N–H and O–H groups in total. The van der Waals surface area contributed by atoms with E-state index in [0.29, 0.717) is 12.0 Å². The lowest BCUT2D eigenvalue weighted by molar-refractivity contribution is -0.154. The van der Waals surface area contributed by atoms with Crippen molar-refractivity contribution in [1.82, 2.24) is 4.90 Å². The van der Waals surface area contributed by atoms with Gasteiger partial charge in [-0.1, -0.05) is 54.6 Å². The molecule has 0 saturated carbocycles. The van der Waals surface area contributed by atoms with Crippen molar-refractivity contribution in [2.75, 3.05) is 37.6 Å². The topological polar surface area (TPSA) is 32.8 Å². The maximum atomic E-state index is 13.1. The van der Waals surface area contributed by atoms with E-state index in [9.17, 15) is 18.0 Å². The van der Waals surface area contributed by atoms with Gasteiger partial charge in [-0.15, -0.1) is 0 Å². The first-order chi connectivity index (χ1) is 18.6. The first kappa shape index (κ1) is 28.7. The number of carbonyl (C=O) groups is 1. The third-order valence-electron chi connectivity index (χ3n) is 7.48. The van der Waals surface area contributed by atoms with Crippen LogP contribution in [0.5, 0.6) is 0 Å². The van der Waals surface area contributed by atoms with E-state index in [1.54, 1.807) is 6.07 Å². The molecule has 4 rings (SSSR count). The van der Waals surface area contributed by atoms with E-state index >= 15 is 0 Å². The van der Waals surface area contributed by atoms with Gasteiger partial charge >= 0.3 is 12.1 Å². The first-order valence-electron chi connectivity index (χ1n) is 13.6. The summed E-state index contributed by atoms with van der Waals surface area (Å²) in [5, 5.41) is 0. The monoisotopic (exact) mass is 538 g/mol. The lowest BCUT2D eigenvalue weighted by atomic mass is 9.78. The SMILES string of the molecule is CC(C)OC(=O)C(C)(CCCN1CCN(c2ccc(-c3cccc(C(F)(F)F)c3)cc2)CC1)c1ccccc1. The largest absolute Gasteiger partial charge is 0.462 e. The van der Waals surface area contributed by atoms with E-state index in [-0.39, 0.29) is 12.1 Å². The summed E-state index contributed by atoms with van der Waals surface area (Å²) in [5.41, 5.74) is 2.05. The molecule has 1 heterocycles. The van der Waals surface area contributed by atoms with Crippen LogP contribution in [0.2, 0.25) is 0 Å². The average Bonchev–Trinajstić information content (AvgIpc) is 2.93. The standard InChI is InChI=1S/C32H37F3N2O2/c1-24(2)39-30(38)31(3,27-10-5-4-6-11-27)17-8-18-36-19-21-37(22-20-36)29-15-13-25(14-16-29)26-9-7-12-28(23-26)32(33,34)35/h4-7,9-16,23-24H,8,17-22H2,1-3H3. The van der Waals surface area contributed by atoms with E-state index in [0.717, 1.165) is 62.0 Å². The number of hydrogen-bond donors (Lipinski definition) is 0. The Labute approximate surface area is 229 Å². The van der Waals surface area contributed by atoms with E-state index in [1.807, 2.05) is 75.4 Å². The van der Waals surface area contributed by atoms with Crippen LogP contribution in [0.1, 0.15) is 44.7 Å². The molecule has 1 unspecified atom stereocenters. The molecular formula is C32H37F3N2O2. The molecule has 0 aromatic heterocycles. The third kappa shape index (κ3) is 7.21. The van der Waals surface area contributed by atoms with Gasteiger partial charge in [0, 0.05) is 31.9 Å². The Morgan fingerprint density at radius 2 is 1.49 bits per heavy atom. The lowest BCUT2D eigenvalue weighted by Gasteiger charge is -2.37. The summed E-state index contributed by atoms with van der Waals surface area (Å²) in [6.07, 6.45) is -2.93. The number of halogens is 3. The number of esters is 1. The Bertz CT molecular complexity index is 1220. The molecule has 1 aliphatic rings. The summed E-state index contributed by atoms with van der Waals surface area (Å²) in [7, 11) is 0. The number of benzene rings is 3. The molecular weight excluding hydrogens is 501 g/mol. The summed E-state index contributed by atoms with van der Waals surface area (Å²) in [4.78, 5) is 17.8. The molecule has 0 spiro atoms. The molecule has 7 heteroatoms. The Kier molecular flexibility index (Phi) is 9.01. The van der Waals surface area contributed by atoms with E-state index in [1.165, 1.54) is 12.1 Å². The number of rotatable bonds is 9. The van der Waals surface area contributed by atoms with Crippen LogP contribution in [0.4, 0.5) is 18.9 Å². The summed E-state index contributed by atoms with van der Waals surface area (Å²) in [5.74, 6) is -0.179. The lowest BCUT2D eigenvalue weighted by Crippen LogP contribution is -2.47. The first-order valence-corrected chi connectivity index (χ1v) is 13.6. The zero-order chi connectivity index (χ0) is 28.0. The number of piperazine rings is 1. The highest BCUT2D eigenvalue weighted by molar-refractivity contribution is 5.82. The second-order valence-corrected chi connectivity index (χ2v) is 10.7. The quantitative estimate of drug-likeness (QED) is 0.270. The van der Waals surface area contributed by atoms with E-state index < -0.39 is 17.2 Å². The van der Waals surface area contributed by atoms with Crippen LogP contribution in [0, 0.1) is 0 Å². The molecule has 0 bridgehead atoms. The molecule has 1 fully saturated rings. The van der Waals surface area contributed by atoms with Gasteiger partial charge in [0.05, 0.1) is 17.1 Å². The second-order valence-electron chi connectivity index (χ2n) is 10.7. The molecule has 1 atom stereocenters. The number of nitrogens with zero attached hydrogens (tertiary/aromatic N) is 2. The maximum absolute atomic E-state index is 13.1. The summed E-state index contributed by atoms with van der Waals surface area (Å²) >= 11 is 0.